The van der Waals surface area contributed by atoms with Crippen LogP contribution in [0.4, 0.5) is 11.4 Å². The molecule has 0 fully saturated rings. The molecule has 0 radical (unpaired) electrons. The molecule has 1 aliphatic rings. The van der Waals surface area contributed by atoms with Crippen LogP contribution in [0.1, 0.15) is 22.7 Å². The van der Waals surface area contributed by atoms with Gasteiger partial charge in [-0.05, 0) is 28.8 Å². The van der Waals surface area contributed by atoms with E-state index in [0.29, 0.717) is 5.56 Å². The number of anilines is 2. The van der Waals surface area contributed by atoms with Gasteiger partial charge in [0.05, 0.1) is 17.9 Å². The van der Waals surface area contributed by atoms with Gasteiger partial charge in [0.1, 0.15) is 6.04 Å². The minimum absolute atomic E-state index is 0. The lowest BCUT2D eigenvalue weighted by molar-refractivity contribution is -0.125. The summed E-state index contributed by atoms with van der Waals surface area (Å²) in [5.74, 6) is -0.624. The number of benzene rings is 3. The summed E-state index contributed by atoms with van der Waals surface area (Å²) in [5.41, 5.74) is 10.2. The van der Waals surface area contributed by atoms with Gasteiger partial charge >= 0.3 is 0 Å². The van der Waals surface area contributed by atoms with Crippen molar-refractivity contribution in [3.63, 3.8) is 0 Å². The van der Waals surface area contributed by atoms with Crippen LogP contribution in [0.5, 0.6) is 0 Å². The molecular formula is C24H22ClN3O2. The summed E-state index contributed by atoms with van der Waals surface area (Å²) in [5, 5.41) is 2.68. The molecule has 0 bridgehead atoms. The minimum atomic E-state index is -0.825. The van der Waals surface area contributed by atoms with Crippen molar-refractivity contribution in [1.82, 2.24) is 5.32 Å². The molecule has 1 atom stereocenters. The number of para-hydroxylation sites is 2. The quantitative estimate of drug-likeness (QED) is 0.669. The van der Waals surface area contributed by atoms with Gasteiger partial charge in [-0.2, -0.15) is 0 Å². The molecular weight excluding hydrogens is 398 g/mol. The third kappa shape index (κ3) is 4.27. The standard InChI is InChI=1S/C24H21N3O2.ClH/c25-23(19-10-2-1-3-11-19)24(29)26-16-22(28)27-20-12-6-4-8-17(20)14-15-18-9-5-7-13-21(18)27;/h1-15,23H,16,25H2,(H,26,29);1H/t23-;/m1./s1. The maximum Gasteiger partial charge on any atom is 0.250 e. The molecule has 0 aliphatic carbocycles. The Morgan fingerprint density at radius 2 is 1.30 bits per heavy atom. The zero-order valence-corrected chi connectivity index (χ0v) is 17.0. The number of hydrogen-bond donors (Lipinski definition) is 2. The lowest BCUT2D eigenvalue weighted by Crippen LogP contribution is -2.41. The Bertz CT molecular complexity index is 1030. The van der Waals surface area contributed by atoms with Crippen molar-refractivity contribution >= 4 is 47.7 Å². The molecule has 4 rings (SSSR count). The maximum absolute atomic E-state index is 13.2. The molecule has 1 heterocycles. The zero-order chi connectivity index (χ0) is 20.2. The van der Waals surface area contributed by atoms with E-state index in [1.54, 1.807) is 17.0 Å². The Morgan fingerprint density at radius 3 is 1.87 bits per heavy atom. The highest BCUT2D eigenvalue weighted by molar-refractivity contribution is 6.07. The predicted molar refractivity (Wildman–Crippen MR) is 123 cm³/mol. The number of amides is 2. The third-order valence-corrected chi connectivity index (χ3v) is 4.90. The highest BCUT2D eigenvalue weighted by atomic mass is 35.5. The number of halogens is 1. The van der Waals surface area contributed by atoms with E-state index in [2.05, 4.69) is 5.32 Å². The van der Waals surface area contributed by atoms with Gasteiger partial charge in [0.25, 0.3) is 5.91 Å². The maximum atomic E-state index is 13.2. The summed E-state index contributed by atoms with van der Waals surface area (Å²) >= 11 is 0. The van der Waals surface area contributed by atoms with Crippen LogP contribution in [0.3, 0.4) is 0 Å². The first kappa shape index (κ1) is 21.3. The molecule has 5 nitrogen and oxygen atoms in total. The second-order valence-corrected chi connectivity index (χ2v) is 6.79. The average Bonchev–Trinajstić information content (AvgIpc) is 2.94. The lowest BCUT2D eigenvalue weighted by atomic mass is 10.1. The Morgan fingerprint density at radius 1 is 0.800 bits per heavy atom. The summed E-state index contributed by atoms with van der Waals surface area (Å²) in [6.45, 7) is -0.151. The van der Waals surface area contributed by atoms with Gasteiger partial charge in [0, 0.05) is 0 Å². The molecule has 3 N–H and O–H groups in total. The summed E-state index contributed by atoms with van der Waals surface area (Å²) in [6.07, 6.45) is 3.98. The van der Waals surface area contributed by atoms with Crippen LogP contribution in [0.2, 0.25) is 0 Å². The van der Waals surface area contributed by atoms with Crippen LogP contribution in [0.15, 0.2) is 78.9 Å². The van der Waals surface area contributed by atoms with E-state index in [4.69, 9.17) is 5.73 Å². The summed E-state index contributed by atoms with van der Waals surface area (Å²) in [6, 6.07) is 23.6. The molecule has 30 heavy (non-hydrogen) atoms. The Hall–Kier alpha value is -3.41. The second-order valence-electron chi connectivity index (χ2n) is 6.79. The molecule has 0 saturated carbocycles. The first-order chi connectivity index (χ1) is 14.1. The van der Waals surface area contributed by atoms with Crippen molar-refractivity contribution in [3.05, 3.63) is 95.6 Å². The van der Waals surface area contributed by atoms with Crippen molar-refractivity contribution in [2.45, 2.75) is 6.04 Å². The Balaban J connectivity index is 0.00000256. The fourth-order valence-corrected chi connectivity index (χ4v) is 3.41. The molecule has 0 spiro atoms. The van der Waals surface area contributed by atoms with Crippen molar-refractivity contribution < 1.29 is 9.59 Å². The van der Waals surface area contributed by atoms with Gasteiger partial charge in [-0.15, -0.1) is 12.4 Å². The van der Waals surface area contributed by atoms with Crippen molar-refractivity contribution in [3.8, 4) is 0 Å². The number of nitrogens with two attached hydrogens (primary N) is 1. The van der Waals surface area contributed by atoms with Crippen LogP contribution < -0.4 is 16.0 Å². The molecule has 2 amide bonds. The van der Waals surface area contributed by atoms with Crippen molar-refractivity contribution in [2.24, 2.45) is 5.73 Å². The summed E-state index contributed by atoms with van der Waals surface area (Å²) in [4.78, 5) is 27.3. The van der Waals surface area contributed by atoms with Crippen LogP contribution >= 0.6 is 12.4 Å². The molecule has 3 aromatic rings. The largest absolute Gasteiger partial charge is 0.345 e. The highest BCUT2D eigenvalue weighted by Crippen LogP contribution is 2.36. The highest BCUT2D eigenvalue weighted by Gasteiger charge is 2.25. The van der Waals surface area contributed by atoms with Gasteiger partial charge in [0.15, 0.2) is 0 Å². The number of rotatable bonds is 4. The molecule has 0 saturated heterocycles. The number of hydrogen-bond acceptors (Lipinski definition) is 3. The van der Waals surface area contributed by atoms with Gasteiger partial charge in [-0.3, -0.25) is 14.5 Å². The van der Waals surface area contributed by atoms with Crippen molar-refractivity contribution in [2.75, 3.05) is 11.4 Å². The van der Waals surface area contributed by atoms with Crippen LogP contribution in [-0.2, 0) is 9.59 Å². The van der Waals surface area contributed by atoms with Crippen molar-refractivity contribution in [1.29, 1.82) is 0 Å². The summed E-state index contributed by atoms with van der Waals surface area (Å²) in [7, 11) is 0. The average molecular weight is 420 g/mol. The van der Waals surface area contributed by atoms with E-state index in [0.717, 1.165) is 22.5 Å². The van der Waals surface area contributed by atoms with Gasteiger partial charge in [-0.25, -0.2) is 0 Å². The molecule has 1 aliphatic heterocycles. The van der Waals surface area contributed by atoms with Gasteiger partial charge in [-0.1, -0.05) is 78.9 Å². The first-order valence-electron chi connectivity index (χ1n) is 9.42. The monoisotopic (exact) mass is 419 g/mol. The van der Waals surface area contributed by atoms with E-state index < -0.39 is 6.04 Å². The molecule has 6 heteroatoms. The third-order valence-electron chi connectivity index (χ3n) is 4.90. The fourth-order valence-electron chi connectivity index (χ4n) is 3.41. The van der Waals surface area contributed by atoms with E-state index in [9.17, 15) is 9.59 Å². The minimum Gasteiger partial charge on any atom is -0.345 e. The zero-order valence-electron chi connectivity index (χ0n) is 16.2. The SMILES string of the molecule is Cl.N[C@@H](C(=O)NCC(=O)N1c2ccccc2C=Cc2ccccc21)c1ccccc1. The Labute approximate surface area is 181 Å². The van der Waals surface area contributed by atoms with Gasteiger partial charge in [0.2, 0.25) is 5.91 Å². The van der Waals surface area contributed by atoms with Crippen LogP contribution in [-0.4, -0.2) is 18.4 Å². The van der Waals surface area contributed by atoms with Crippen LogP contribution in [0.25, 0.3) is 12.2 Å². The van der Waals surface area contributed by atoms with Gasteiger partial charge < -0.3 is 11.1 Å². The molecule has 0 unspecified atom stereocenters. The predicted octanol–water partition coefficient (Wildman–Crippen LogP) is 4.07. The number of carbonyl (C=O) groups is 2. The second kappa shape index (κ2) is 9.39. The number of fused-ring (bicyclic) bond motifs is 2. The smallest absolute Gasteiger partial charge is 0.250 e. The first-order valence-corrected chi connectivity index (χ1v) is 9.42. The number of nitrogens with zero attached hydrogens (tertiary/aromatic N) is 1. The molecule has 152 valence electrons. The number of carbonyl (C=O) groups excluding carboxylic acids is 2. The van der Waals surface area contributed by atoms with E-state index in [1.807, 2.05) is 78.9 Å². The van der Waals surface area contributed by atoms with E-state index in [-0.39, 0.29) is 30.8 Å². The van der Waals surface area contributed by atoms with E-state index in [1.165, 1.54) is 0 Å². The normalized spacial score (nSPS) is 12.6. The van der Waals surface area contributed by atoms with Crippen LogP contribution in [0, 0.1) is 0 Å². The molecule has 0 aromatic heterocycles. The Kier molecular flexibility index (Phi) is 6.67. The number of nitrogens with one attached hydrogen (secondary N) is 1. The fraction of sp³-hybridized carbons (Fsp3) is 0.0833. The topological polar surface area (TPSA) is 75.4 Å². The lowest BCUT2D eigenvalue weighted by Gasteiger charge is -2.25. The molecule has 3 aromatic carbocycles. The van der Waals surface area contributed by atoms with E-state index >= 15 is 0 Å². The summed E-state index contributed by atoms with van der Waals surface area (Å²) < 4.78 is 0.